The largest absolute Gasteiger partial charge is 0.481 e. The van der Waals surface area contributed by atoms with Gasteiger partial charge in [-0.2, -0.15) is 0 Å². The van der Waals surface area contributed by atoms with Crippen molar-refractivity contribution in [2.75, 3.05) is 11.5 Å². The van der Waals surface area contributed by atoms with E-state index in [1.54, 1.807) is 54.6 Å². The summed E-state index contributed by atoms with van der Waals surface area (Å²) < 4.78 is 50.0. The minimum atomic E-state index is -4.20. The molecular formula is C20H24O6S2. The molecule has 0 heterocycles. The SMILES string of the molecule is C[C@H](CS(=O)(=O)[C@H](Cc1ccccc1)S(=O)(=O)CCc1ccccc1)C(=O)O. The number of carboxylic acids is 1. The molecule has 0 aliphatic rings. The first kappa shape index (κ1) is 22.1. The number of hydrogen-bond acceptors (Lipinski definition) is 5. The maximum atomic E-state index is 13.0. The summed E-state index contributed by atoms with van der Waals surface area (Å²) in [5.74, 6) is -3.50. The minimum Gasteiger partial charge on any atom is -0.481 e. The van der Waals surface area contributed by atoms with Gasteiger partial charge in [-0.05, 0) is 17.5 Å². The molecule has 0 radical (unpaired) electrons. The third-order valence-electron chi connectivity index (χ3n) is 4.47. The van der Waals surface area contributed by atoms with Crippen LogP contribution in [-0.4, -0.2) is 44.0 Å². The molecule has 0 saturated heterocycles. The number of hydrogen-bond donors (Lipinski definition) is 1. The lowest BCUT2D eigenvalue weighted by atomic mass is 10.2. The van der Waals surface area contributed by atoms with Gasteiger partial charge in [0.1, 0.15) is 0 Å². The molecule has 2 rings (SSSR count). The molecule has 1 N–H and O–H groups in total. The van der Waals surface area contributed by atoms with Gasteiger partial charge >= 0.3 is 5.97 Å². The summed E-state index contributed by atoms with van der Waals surface area (Å²) in [5.41, 5.74) is 1.36. The molecular weight excluding hydrogens is 400 g/mol. The Hall–Kier alpha value is -2.19. The fourth-order valence-corrected chi connectivity index (χ4v) is 7.89. The van der Waals surface area contributed by atoms with E-state index in [-0.39, 0.29) is 18.6 Å². The van der Waals surface area contributed by atoms with Gasteiger partial charge in [0.2, 0.25) is 0 Å². The molecule has 0 spiro atoms. The maximum Gasteiger partial charge on any atom is 0.307 e. The Kier molecular flexibility index (Phi) is 7.37. The Labute approximate surface area is 166 Å². The highest BCUT2D eigenvalue weighted by Gasteiger charge is 2.39. The van der Waals surface area contributed by atoms with Crippen molar-refractivity contribution in [2.24, 2.45) is 5.92 Å². The molecule has 152 valence electrons. The summed E-state index contributed by atoms with van der Waals surface area (Å²) >= 11 is 0. The average molecular weight is 425 g/mol. The smallest absolute Gasteiger partial charge is 0.307 e. The first-order valence-corrected chi connectivity index (χ1v) is 12.3. The van der Waals surface area contributed by atoms with Gasteiger partial charge in [0.15, 0.2) is 24.3 Å². The molecule has 28 heavy (non-hydrogen) atoms. The van der Waals surface area contributed by atoms with Crippen LogP contribution < -0.4 is 0 Å². The van der Waals surface area contributed by atoms with Gasteiger partial charge in [-0.3, -0.25) is 4.79 Å². The van der Waals surface area contributed by atoms with Gasteiger partial charge in [0.05, 0.1) is 17.4 Å². The highest BCUT2D eigenvalue weighted by Crippen LogP contribution is 2.21. The van der Waals surface area contributed by atoms with E-state index in [2.05, 4.69) is 0 Å². The van der Waals surface area contributed by atoms with Crippen LogP contribution in [0, 0.1) is 5.92 Å². The van der Waals surface area contributed by atoms with Gasteiger partial charge in [-0.1, -0.05) is 67.6 Å². The normalized spacial score (nSPS) is 14.3. The van der Waals surface area contributed by atoms with Crippen LogP contribution in [-0.2, 0) is 37.3 Å². The lowest BCUT2D eigenvalue weighted by Gasteiger charge is -2.20. The first-order valence-electron chi connectivity index (χ1n) is 8.85. The number of sulfone groups is 2. The predicted octanol–water partition coefficient (Wildman–Crippen LogP) is 2.35. The van der Waals surface area contributed by atoms with Gasteiger partial charge in [0, 0.05) is 6.42 Å². The summed E-state index contributed by atoms with van der Waals surface area (Å²) in [7, 11) is -8.22. The van der Waals surface area contributed by atoms with Crippen molar-refractivity contribution in [3.8, 4) is 0 Å². The third kappa shape index (κ3) is 6.17. The molecule has 0 aliphatic heterocycles. The van der Waals surface area contributed by atoms with Crippen molar-refractivity contribution >= 4 is 25.6 Å². The molecule has 0 bridgehead atoms. The molecule has 0 saturated carbocycles. The fourth-order valence-electron chi connectivity index (χ4n) is 2.85. The fraction of sp³-hybridized carbons (Fsp3) is 0.350. The second-order valence-corrected chi connectivity index (χ2v) is 11.6. The van der Waals surface area contributed by atoms with Crippen molar-refractivity contribution in [2.45, 2.75) is 24.3 Å². The molecule has 0 amide bonds. The van der Waals surface area contributed by atoms with Crippen LogP contribution in [0.4, 0.5) is 0 Å². The number of benzene rings is 2. The van der Waals surface area contributed by atoms with Crippen LogP contribution in [0.15, 0.2) is 60.7 Å². The van der Waals surface area contributed by atoms with Crippen LogP contribution in [0.2, 0.25) is 0 Å². The van der Waals surface area contributed by atoms with E-state index in [4.69, 9.17) is 5.11 Å². The highest BCUT2D eigenvalue weighted by atomic mass is 32.3. The summed E-state index contributed by atoms with van der Waals surface area (Å²) in [5, 5.41) is 9.06. The minimum absolute atomic E-state index is 0.193. The zero-order valence-electron chi connectivity index (χ0n) is 15.6. The highest BCUT2D eigenvalue weighted by molar-refractivity contribution is 8.09. The van der Waals surface area contributed by atoms with Crippen LogP contribution >= 0.6 is 0 Å². The maximum absolute atomic E-state index is 13.0. The van der Waals surface area contributed by atoms with E-state index in [1.807, 2.05) is 6.07 Å². The molecule has 0 aromatic heterocycles. The Bertz CT molecular complexity index is 984. The molecule has 6 nitrogen and oxygen atoms in total. The van der Waals surface area contributed by atoms with Crippen LogP contribution in [0.25, 0.3) is 0 Å². The van der Waals surface area contributed by atoms with E-state index < -0.39 is 41.9 Å². The topological polar surface area (TPSA) is 106 Å². The Morgan fingerprint density at radius 2 is 1.36 bits per heavy atom. The summed E-state index contributed by atoms with van der Waals surface area (Å²) in [4.78, 5) is 11.1. The zero-order chi connectivity index (χ0) is 20.8. The number of carboxylic acid groups (broad SMARTS) is 1. The van der Waals surface area contributed by atoms with Crippen LogP contribution in [0.3, 0.4) is 0 Å². The zero-order valence-corrected chi connectivity index (χ0v) is 17.2. The molecule has 2 atom stereocenters. The second-order valence-electron chi connectivity index (χ2n) is 6.79. The van der Waals surface area contributed by atoms with Crippen molar-refractivity contribution in [3.63, 3.8) is 0 Å². The van der Waals surface area contributed by atoms with Crippen molar-refractivity contribution < 1.29 is 26.7 Å². The first-order chi connectivity index (χ1) is 13.1. The average Bonchev–Trinajstić information content (AvgIpc) is 2.65. The second kappa shape index (κ2) is 9.34. The van der Waals surface area contributed by atoms with E-state index in [9.17, 15) is 21.6 Å². The molecule has 0 fully saturated rings. The lowest BCUT2D eigenvalue weighted by Crippen LogP contribution is -2.38. The lowest BCUT2D eigenvalue weighted by molar-refractivity contribution is -0.140. The number of aryl methyl sites for hydroxylation is 1. The van der Waals surface area contributed by atoms with Crippen LogP contribution in [0.1, 0.15) is 18.1 Å². The van der Waals surface area contributed by atoms with Gasteiger partial charge < -0.3 is 5.11 Å². The molecule has 0 unspecified atom stereocenters. The molecule has 2 aromatic carbocycles. The Morgan fingerprint density at radius 1 is 0.857 bits per heavy atom. The van der Waals surface area contributed by atoms with Gasteiger partial charge in [-0.15, -0.1) is 0 Å². The quantitative estimate of drug-likeness (QED) is 0.628. The summed E-state index contributed by atoms with van der Waals surface area (Å²) in [6.45, 7) is 1.26. The van der Waals surface area contributed by atoms with E-state index in [1.165, 1.54) is 6.92 Å². The van der Waals surface area contributed by atoms with Crippen LogP contribution in [0.5, 0.6) is 0 Å². The molecule has 8 heteroatoms. The van der Waals surface area contributed by atoms with Gasteiger partial charge in [0.25, 0.3) is 0 Å². The standard InChI is InChI=1S/C20H24O6S2/c1-16(20(21)22)15-28(25,26)19(14-18-10-6-3-7-11-18)27(23,24)13-12-17-8-4-2-5-9-17/h2-11,16,19H,12-15H2,1H3,(H,21,22)/t16-,19-/m1/s1. The van der Waals surface area contributed by atoms with Crippen molar-refractivity contribution in [1.82, 2.24) is 0 Å². The Balaban J connectivity index is 2.32. The molecule has 2 aromatic rings. The van der Waals surface area contributed by atoms with E-state index in [0.717, 1.165) is 5.56 Å². The summed E-state index contributed by atoms with van der Waals surface area (Å²) in [6, 6.07) is 17.4. The predicted molar refractivity (Wildman–Crippen MR) is 108 cm³/mol. The third-order valence-corrected chi connectivity index (χ3v) is 9.90. The number of carbonyl (C=O) groups is 1. The van der Waals surface area contributed by atoms with Crippen molar-refractivity contribution in [1.29, 1.82) is 0 Å². The molecule has 0 aliphatic carbocycles. The van der Waals surface area contributed by atoms with E-state index in [0.29, 0.717) is 5.56 Å². The number of aliphatic carboxylic acids is 1. The Morgan fingerprint density at radius 3 is 1.86 bits per heavy atom. The number of rotatable bonds is 10. The monoisotopic (exact) mass is 424 g/mol. The van der Waals surface area contributed by atoms with E-state index >= 15 is 0 Å². The van der Waals surface area contributed by atoms with Gasteiger partial charge in [-0.25, -0.2) is 16.8 Å². The van der Waals surface area contributed by atoms with Crippen molar-refractivity contribution in [3.05, 3.63) is 71.8 Å². The summed E-state index contributed by atoms with van der Waals surface area (Å²) in [6.07, 6.45) is -0.00883.